The number of hydrogen-bond acceptors (Lipinski definition) is 2. The topological polar surface area (TPSA) is 38.0 Å². The largest absolute Gasteiger partial charge is 0.271 e. The summed E-state index contributed by atoms with van der Waals surface area (Å²) < 4.78 is 0. The van der Waals surface area contributed by atoms with E-state index in [4.69, 9.17) is 5.84 Å². The van der Waals surface area contributed by atoms with Gasteiger partial charge in [0.2, 0.25) is 0 Å². The first-order chi connectivity index (χ1) is 7.31. The van der Waals surface area contributed by atoms with E-state index in [1.54, 1.807) is 0 Å². The van der Waals surface area contributed by atoms with Crippen LogP contribution in [0.2, 0.25) is 0 Å². The van der Waals surface area contributed by atoms with Crippen LogP contribution in [0.1, 0.15) is 42.9 Å². The van der Waals surface area contributed by atoms with E-state index in [1.165, 1.54) is 30.4 Å². The molecule has 1 aliphatic carbocycles. The quantitative estimate of drug-likeness (QED) is 0.571. The van der Waals surface area contributed by atoms with Gasteiger partial charge in [-0.3, -0.25) is 11.3 Å². The lowest BCUT2D eigenvalue weighted by Gasteiger charge is -2.18. The second kappa shape index (κ2) is 4.77. The lowest BCUT2D eigenvalue weighted by Crippen LogP contribution is -2.28. The van der Waals surface area contributed by atoms with Crippen LogP contribution < -0.4 is 11.3 Å². The monoisotopic (exact) mass is 204 g/mol. The highest BCUT2D eigenvalue weighted by Gasteiger charge is 2.23. The smallest absolute Gasteiger partial charge is 0.0462 e. The molecule has 15 heavy (non-hydrogen) atoms. The lowest BCUT2D eigenvalue weighted by molar-refractivity contribution is 0.480. The molecule has 1 aliphatic rings. The molecule has 1 unspecified atom stereocenters. The lowest BCUT2D eigenvalue weighted by atomic mass is 9.97. The predicted octanol–water partition coefficient (Wildman–Crippen LogP) is 2.69. The Hall–Kier alpha value is -0.860. The Labute approximate surface area is 91.8 Å². The Morgan fingerprint density at radius 1 is 1.40 bits per heavy atom. The zero-order chi connectivity index (χ0) is 10.7. The fourth-order valence-electron chi connectivity index (χ4n) is 2.12. The Morgan fingerprint density at radius 3 is 2.73 bits per heavy atom. The summed E-state index contributed by atoms with van der Waals surface area (Å²) in [7, 11) is 0. The van der Waals surface area contributed by atoms with E-state index < -0.39 is 0 Å². The van der Waals surface area contributed by atoms with Gasteiger partial charge in [-0.25, -0.2) is 0 Å². The Kier molecular flexibility index (Phi) is 3.39. The Bertz CT molecular complexity index is 318. The molecule has 1 saturated carbocycles. The second-order valence-electron chi connectivity index (χ2n) is 4.60. The SMILES string of the molecule is Cc1ccccc1C(CCC1CC1)NN. The summed E-state index contributed by atoms with van der Waals surface area (Å²) in [5, 5.41) is 0. The van der Waals surface area contributed by atoms with Gasteiger partial charge < -0.3 is 0 Å². The number of nitrogens with one attached hydrogen (secondary N) is 1. The molecule has 1 aromatic carbocycles. The third-order valence-electron chi connectivity index (χ3n) is 3.33. The maximum absolute atomic E-state index is 5.63. The first-order valence-electron chi connectivity index (χ1n) is 5.83. The first kappa shape index (κ1) is 10.7. The fraction of sp³-hybridized carbons (Fsp3) is 0.538. The van der Waals surface area contributed by atoms with Crippen LogP contribution in [0, 0.1) is 12.8 Å². The highest BCUT2D eigenvalue weighted by atomic mass is 15.2. The number of aryl methyl sites for hydroxylation is 1. The number of hydrogen-bond donors (Lipinski definition) is 2. The normalized spacial score (nSPS) is 17.7. The summed E-state index contributed by atoms with van der Waals surface area (Å²) in [6, 6.07) is 8.81. The van der Waals surface area contributed by atoms with Crippen LogP contribution in [0.5, 0.6) is 0 Å². The third kappa shape index (κ3) is 2.80. The van der Waals surface area contributed by atoms with Gasteiger partial charge in [0, 0.05) is 6.04 Å². The molecule has 2 rings (SSSR count). The number of hydrazine groups is 1. The third-order valence-corrected chi connectivity index (χ3v) is 3.33. The molecule has 0 radical (unpaired) electrons. The zero-order valence-electron chi connectivity index (χ0n) is 9.37. The van der Waals surface area contributed by atoms with Gasteiger partial charge in [0.25, 0.3) is 0 Å². The van der Waals surface area contributed by atoms with E-state index in [0.717, 1.165) is 12.3 Å². The van der Waals surface area contributed by atoms with Crippen LogP contribution in [0.4, 0.5) is 0 Å². The molecule has 1 atom stereocenters. The molecule has 0 heterocycles. The van der Waals surface area contributed by atoms with Crippen molar-refractivity contribution in [3.8, 4) is 0 Å². The van der Waals surface area contributed by atoms with Gasteiger partial charge in [-0.1, -0.05) is 37.1 Å². The molecular weight excluding hydrogens is 184 g/mol. The van der Waals surface area contributed by atoms with Gasteiger partial charge in [0.05, 0.1) is 0 Å². The van der Waals surface area contributed by atoms with Crippen molar-refractivity contribution < 1.29 is 0 Å². The standard InChI is InChI=1S/C13H20N2/c1-10-4-2-3-5-12(10)13(15-14)9-8-11-6-7-11/h2-5,11,13,15H,6-9,14H2,1H3. The molecule has 1 fully saturated rings. The van der Waals surface area contributed by atoms with Crippen molar-refractivity contribution in [2.45, 2.75) is 38.6 Å². The molecule has 0 amide bonds. The molecule has 2 heteroatoms. The second-order valence-corrected chi connectivity index (χ2v) is 4.60. The molecule has 3 N–H and O–H groups in total. The molecule has 1 aromatic rings. The van der Waals surface area contributed by atoms with Crippen molar-refractivity contribution in [2.24, 2.45) is 11.8 Å². The Balaban J connectivity index is 2.00. The highest BCUT2D eigenvalue weighted by molar-refractivity contribution is 5.28. The molecule has 2 nitrogen and oxygen atoms in total. The minimum atomic E-state index is 0.326. The number of benzene rings is 1. The average Bonchev–Trinajstić information content (AvgIpc) is 3.05. The van der Waals surface area contributed by atoms with Gasteiger partial charge in [-0.15, -0.1) is 0 Å². The minimum absolute atomic E-state index is 0.326. The van der Waals surface area contributed by atoms with Gasteiger partial charge >= 0.3 is 0 Å². The van der Waals surface area contributed by atoms with Crippen LogP contribution in [0.15, 0.2) is 24.3 Å². The predicted molar refractivity (Wildman–Crippen MR) is 63.2 cm³/mol. The van der Waals surface area contributed by atoms with Crippen LogP contribution in [0.3, 0.4) is 0 Å². The maximum Gasteiger partial charge on any atom is 0.0462 e. The van der Waals surface area contributed by atoms with E-state index >= 15 is 0 Å². The maximum atomic E-state index is 5.63. The van der Waals surface area contributed by atoms with Crippen molar-refractivity contribution in [2.75, 3.05) is 0 Å². The van der Waals surface area contributed by atoms with Gasteiger partial charge in [0.15, 0.2) is 0 Å². The summed E-state index contributed by atoms with van der Waals surface area (Å²) in [5.74, 6) is 6.61. The van der Waals surface area contributed by atoms with Crippen molar-refractivity contribution in [3.63, 3.8) is 0 Å². The van der Waals surface area contributed by atoms with Gasteiger partial charge in [0.1, 0.15) is 0 Å². The molecule has 0 spiro atoms. The van der Waals surface area contributed by atoms with Crippen LogP contribution in [-0.2, 0) is 0 Å². The highest BCUT2D eigenvalue weighted by Crippen LogP contribution is 2.36. The molecule has 82 valence electrons. The molecule has 0 aromatic heterocycles. The van der Waals surface area contributed by atoms with Crippen molar-refractivity contribution >= 4 is 0 Å². The summed E-state index contributed by atoms with van der Waals surface area (Å²) in [5.41, 5.74) is 5.62. The minimum Gasteiger partial charge on any atom is -0.271 e. The van der Waals surface area contributed by atoms with E-state index in [1.807, 2.05) is 0 Å². The van der Waals surface area contributed by atoms with E-state index in [2.05, 4.69) is 36.6 Å². The van der Waals surface area contributed by atoms with E-state index in [0.29, 0.717) is 6.04 Å². The molecule has 0 bridgehead atoms. The fourth-order valence-corrected chi connectivity index (χ4v) is 2.12. The number of rotatable bonds is 5. The summed E-state index contributed by atoms with van der Waals surface area (Å²) in [6.07, 6.45) is 5.31. The van der Waals surface area contributed by atoms with Crippen LogP contribution in [-0.4, -0.2) is 0 Å². The van der Waals surface area contributed by atoms with Gasteiger partial charge in [-0.2, -0.15) is 0 Å². The summed E-state index contributed by atoms with van der Waals surface area (Å²) in [6.45, 7) is 2.15. The van der Waals surface area contributed by atoms with Crippen molar-refractivity contribution in [1.29, 1.82) is 0 Å². The zero-order valence-corrected chi connectivity index (χ0v) is 9.37. The molecule has 0 aliphatic heterocycles. The molecular formula is C13H20N2. The van der Waals surface area contributed by atoms with Crippen molar-refractivity contribution in [1.82, 2.24) is 5.43 Å². The summed E-state index contributed by atoms with van der Waals surface area (Å²) >= 11 is 0. The van der Waals surface area contributed by atoms with Crippen LogP contribution >= 0.6 is 0 Å². The molecule has 0 saturated heterocycles. The van der Waals surface area contributed by atoms with Gasteiger partial charge in [-0.05, 0) is 36.8 Å². The average molecular weight is 204 g/mol. The first-order valence-corrected chi connectivity index (χ1v) is 5.83. The summed E-state index contributed by atoms with van der Waals surface area (Å²) in [4.78, 5) is 0. The Morgan fingerprint density at radius 2 is 2.13 bits per heavy atom. The van der Waals surface area contributed by atoms with Crippen molar-refractivity contribution in [3.05, 3.63) is 35.4 Å². The van der Waals surface area contributed by atoms with E-state index in [-0.39, 0.29) is 0 Å². The number of nitrogens with two attached hydrogens (primary N) is 1. The van der Waals surface area contributed by atoms with Crippen LogP contribution in [0.25, 0.3) is 0 Å². The van der Waals surface area contributed by atoms with E-state index in [9.17, 15) is 0 Å².